The molecular weight excluding hydrogens is 244 g/mol. The van der Waals surface area contributed by atoms with E-state index in [9.17, 15) is 9.90 Å². The maximum Gasteiger partial charge on any atom is 0.307 e. The largest absolute Gasteiger partial charge is 0.504 e. The summed E-state index contributed by atoms with van der Waals surface area (Å²) in [5.74, 6) is -0.399. The van der Waals surface area contributed by atoms with Crippen molar-refractivity contribution in [3.8, 4) is 22.6 Å². The fraction of sp³-hybridized carbons (Fsp3) is 0.133. The molecule has 98 valence electrons. The van der Waals surface area contributed by atoms with E-state index in [0.29, 0.717) is 5.75 Å². The fourth-order valence-corrected chi connectivity index (χ4v) is 1.91. The highest BCUT2D eigenvalue weighted by molar-refractivity contribution is 5.72. The van der Waals surface area contributed by atoms with E-state index in [1.165, 1.54) is 7.11 Å². The Morgan fingerprint density at radius 1 is 1.16 bits per heavy atom. The van der Waals surface area contributed by atoms with Crippen molar-refractivity contribution in [1.29, 1.82) is 0 Å². The Morgan fingerprint density at radius 3 is 2.53 bits per heavy atom. The minimum atomic E-state index is -0.866. The van der Waals surface area contributed by atoms with E-state index in [1.807, 2.05) is 12.1 Å². The summed E-state index contributed by atoms with van der Waals surface area (Å²) in [5.41, 5.74) is 2.39. The van der Waals surface area contributed by atoms with Crippen LogP contribution in [0.3, 0.4) is 0 Å². The zero-order valence-electron chi connectivity index (χ0n) is 10.5. The van der Waals surface area contributed by atoms with Crippen molar-refractivity contribution in [3.63, 3.8) is 0 Å². The third kappa shape index (κ3) is 3.04. The number of rotatable bonds is 4. The molecule has 0 radical (unpaired) electrons. The van der Waals surface area contributed by atoms with Crippen LogP contribution in [0.1, 0.15) is 5.56 Å². The first-order valence-corrected chi connectivity index (χ1v) is 5.78. The summed E-state index contributed by atoms with van der Waals surface area (Å²) in [6, 6.07) is 12.3. The van der Waals surface area contributed by atoms with Gasteiger partial charge in [-0.25, -0.2) is 0 Å². The van der Waals surface area contributed by atoms with Gasteiger partial charge in [0.05, 0.1) is 13.5 Å². The van der Waals surface area contributed by atoms with Crippen LogP contribution in [0.15, 0.2) is 42.5 Å². The van der Waals surface area contributed by atoms with Gasteiger partial charge in [0.1, 0.15) is 0 Å². The molecule has 0 bridgehead atoms. The molecular formula is C15H14O4. The van der Waals surface area contributed by atoms with Gasteiger partial charge in [-0.05, 0) is 28.8 Å². The van der Waals surface area contributed by atoms with Crippen molar-refractivity contribution in [2.45, 2.75) is 6.42 Å². The highest BCUT2D eigenvalue weighted by Gasteiger charge is 2.06. The van der Waals surface area contributed by atoms with Gasteiger partial charge >= 0.3 is 5.97 Å². The summed E-state index contributed by atoms with van der Waals surface area (Å²) >= 11 is 0. The zero-order valence-corrected chi connectivity index (χ0v) is 10.5. The van der Waals surface area contributed by atoms with Gasteiger partial charge in [-0.1, -0.05) is 30.3 Å². The van der Waals surface area contributed by atoms with Crippen molar-refractivity contribution >= 4 is 5.97 Å². The Kier molecular flexibility index (Phi) is 3.71. The summed E-state index contributed by atoms with van der Waals surface area (Å²) < 4.78 is 4.98. The third-order valence-electron chi connectivity index (χ3n) is 2.79. The van der Waals surface area contributed by atoms with Crippen molar-refractivity contribution in [1.82, 2.24) is 0 Å². The van der Waals surface area contributed by atoms with Crippen LogP contribution in [0, 0.1) is 0 Å². The molecule has 0 heterocycles. The number of aromatic hydroxyl groups is 1. The topological polar surface area (TPSA) is 66.8 Å². The molecule has 2 rings (SSSR count). The van der Waals surface area contributed by atoms with Crippen LogP contribution in [0.25, 0.3) is 11.1 Å². The van der Waals surface area contributed by atoms with Crippen molar-refractivity contribution in [2.24, 2.45) is 0 Å². The molecule has 2 N–H and O–H groups in total. The number of aliphatic carboxylic acids is 1. The van der Waals surface area contributed by atoms with Crippen LogP contribution < -0.4 is 4.74 Å². The maximum absolute atomic E-state index is 10.7. The molecule has 0 spiro atoms. The second kappa shape index (κ2) is 5.44. The molecule has 2 aromatic carbocycles. The van der Waals surface area contributed by atoms with Gasteiger partial charge in [0, 0.05) is 0 Å². The molecule has 0 aliphatic rings. The number of carboxylic acid groups (broad SMARTS) is 1. The summed E-state index contributed by atoms with van der Waals surface area (Å²) in [6.07, 6.45) is -0.0179. The van der Waals surface area contributed by atoms with E-state index in [4.69, 9.17) is 9.84 Å². The highest BCUT2D eigenvalue weighted by Crippen LogP contribution is 2.31. The second-order valence-electron chi connectivity index (χ2n) is 4.16. The Hall–Kier alpha value is -2.49. The highest BCUT2D eigenvalue weighted by atomic mass is 16.5. The number of phenols is 1. The summed E-state index contributed by atoms with van der Waals surface area (Å²) in [6.45, 7) is 0. The molecule has 0 amide bonds. The Balaban J connectivity index is 2.36. The summed E-state index contributed by atoms with van der Waals surface area (Å²) in [5, 5.41) is 18.5. The molecule has 0 saturated carbocycles. The first-order chi connectivity index (χ1) is 9.10. The smallest absolute Gasteiger partial charge is 0.307 e. The molecule has 0 aromatic heterocycles. The lowest BCUT2D eigenvalue weighted by Gasteiger charge is -2.07. The molecule has 4 nitrogen and oxygen atoms in total. The monoisotopic (exact) mass is 258 g/mol. The van der Waals surface area contributed by atoms with E-state index in [2.05, 4.69) is 0 Å². The second-order valence-corrected chi connectivity index (χ2v) is 4.16. The van der Waals surface area contributed by atoms with Gasteiger partial charge in [-0.3, -0.25) is 4.79 Å². The summed E-state index contributed by atoms with van der Waals surface area (Å²) in [7, 11) is 1.49. The predicted octanol–water partition coefficient (Wildman–Crippen LogP) is 2.69. The van der Waals surface area contributed by atoms with E-state index in [1.54, 1.807) is 30.3 Å². The van der Waals surface area contributed by atoms with Gasteiger partial charge in [0.25, 0.3) is 0 Å². The third-order valence-corrected chi connectivity index (χ3v) is 2.79. The molecule has 0 unspecified atom stereocenters. The number of hydrogen-bond acceptors (Lipinski definition) is 3. The van der Waals surface area contributed by atoms with Crippen LogP contribution in [-0.2, 0) is 11.2 Å². The van der Waals surface area contributed by atoms with Crippen LogP contribution in [-0.4, -0.2) is 23.3 Å². The Morgan fingerprint density at radius 2 is 1.89 bits per heavy atom. The first kappa shape index (κ1) is 13.0. The molecule has 19 heavy (non-hydrogen) atoms. The first-order valence-electron chi connectivity index (χ1n) is 5.78. The van der Waals surface area contributed by atoms with Gasteiger partial charge < -0.3 is 14.9 Å². The fourth-order valence-electron chi connectivity index (χ4n) is 1.91. The van der Waals surface area contributed by atoms with E-state index in [0.717, 1.165) is 16.7 Å². The average molecular weight is 258 g/mol. The maximum atomic E-state index is 10.7. The van der Waals surface area contributed by atoms with Crippen LogP contribution >= 0.6 is 0 Å². The minimum Gasteiger partial charge on any atom is -0.504 e. The van der Waals surface area contributed by atoms with E-state index >= 15 is 0 Å². The standard InChI is InChI=1S/C15H14O4/c1-19-14-6-5-12(9-13(14)16)11-4-2-3-10(7-11)8-15(17)18/h2-7,9,16H,8H2,1H3,(H,17,18). The Bertz CT molecular complexity index is 605. The lowest BCUT2D eigenvalue weighted by atomic mass is 10.0. The van der Waals surface area contributed by atoms with Gasteiger partial charge in [-0.15, -0.1) is 0 Å². The lowest BCUT2D eigenvalue weighted by Crippen LogP contribution is -1.99. The number of benzene rings is 2. The number of ether oxygens (including phenoxy) is 1. The van der Waals surface area contributed by atoms with Gasteiger partial charge in [0.2, 0.25) is 0 Å². The number of phenolic OH excluding ortho intramolecular Hbond substituents is 1. The molecule has 0 atom stereocenters. The predicted molar refractivity (Wildman–Crippen MR) is 71.4 cm³/mol. The number of carboxylic acids is 1. The van der Waals surface area contributed by atoms with Gasteiger partial charge in [0.15, 0.2) is 11.5 Å². The molecule has 4 heteroatoms. The number of carbonyl (C=O) groups is 1. The average Bonchev–Trinajstić information content (AvgIpc) is 2.38. The molecule has 0 fully saturated rings. The number of hydrogen-bond donors (Lipinski definition) is 2. The van der Waals surface area contributed by atoms with Gasteiger partial charge in [-0.2, -0.15) is 0 Å². The number of methoxy groups -OCH3 is 1. The molecule has 0 aliphatic carbocycles. The molecule has 0 saturated heterocycles. The SMILES string of the molecule is COc1ccc(-c2cccc(CC(=O)O)c2)cc1O. The van der Waals surface area contributed by atoms with Crippen LogP contribution in [0.2, 0.25) is 0 Å². The zero-order chi connectivity index (χ0) is 13.8. The van der Waals surface area contributed by atoms with E-state index < -0.39 is 5.97 Å². The van der Waals surface area contributed by atoms with Crippen molar-refractivity contribution < 1.29 is 19.7 Å². The molecule has 0 aliphatic heterocycles. The van der Waals surface area contributed by atoms with Crippen LogP contribution in [0.4, 0.5) is 0 Å². The minimum absolute atomic E-state index is 0.0179. The summed E-state index contributed by atoms with van der Waals surface area (Å²) in [4.78, 5) is 10.7. The van der Waals surface area contributed by atoms with Crippen molar-refractivity contribution in [2.75, 3.05) is 7.11 Å². The molecule has 2 aromatic rings. The van der Waals surface area contributed by atoms with Crippen molar-refractivity contribution in [3.05, 3.63) is 48.0 Å². The normalized spacial score (nSPS) is 10.2. The van der Waals surface area contributed by atoms with Crippen LogP contribution in [0.5, 0.6) is 11.5 Å². The Labute approximate surface area is 110 Å². The van der Waals surface area contributed by atoms with E-state index in [-0.39, 0.29) is 12.2 Å². The lowest BCUT2D eigenvalue weighted by molar-refractivity contribution is -0.136. The quantitative estimate of drug-likeness (QED) is 0.884.